The summed E-state index contributed by atoms with van der Waals surface area (Å²) >= 11 is 0. The molecule has 104 valence electrons. The van der Waals surface area contributed by atoms with Crippen molar-refractivity contribution in [1.29, 1.82) is 0 Å². The van der Waals surface area contributed by atoms with Gasteiger partial charge in [-0.2, -0.15) is 0 Å². The van der Waals surface area contributed by atoms with Gasteiger partial charge in [0.05, 0.1) is 18.7 Å². The minimum Gasteiger partial charge on any atom is -0.496 e. The van der Waals surface area contributed by atoms with Gasteiger partial charge in [0, 0.05) is 0 Å². The fourth-order valence-electron chi connectivity index (χ4n) is 2.37. The standard InChI is InChI=1S/C17H19NO2/c1-11-9-12(2)15(14(10-11)20-3)17(19)16(18)13-7-5-4-6-8-13/h4-10,16H,18H2,1-3H3/t16-/m1/s1. The maximum atomic E-state index is 12.7. The zero-order chi connectivity index (χ0) is 14.7. The average Bonchev–Trinajstić information content (AvgIpc) is 2.46. The smallest absolute Gasteiger partial charge is 0.188 e. The zero-order valence-corrected chi connectivity index (χ0v) is 12.0. The number of benzene rings is 2. The number of aryl methyl sites for hydroxylation is 2. The highest BCUT2D eigenvalue weighted by molar-refractivity contribution is 6.04. The van der Waals surface area contributed by atoms with E-state index >= 15 is 0 Å². The molecule has 2 N–H and O–H groups in total. The van der Waals surface area contributed by atoms with E-state index in [0.29, 0.717) is 11.3 Å². The molecular weight excluding hydrogens is 250 g/mol. The SMILES string of the molecule is COc1cc(C)cc(C)c1C(=O)[C@H](N)c1ccccc1. The molecule has 2 aromatic rings. The summed E-state index contributed by atoms with van der Waals surface area (Å²) in [7, 11) is 1.57. The molecule has 0 heterocycles. The third-order valence-electron chi connectivity index (χ3n) is 3.35. The lowest BCUT2D eigenvalue weighted by molar-refractivity contribution is 0.0957. The molecule has 0 aliphatic rings. The predicted octanol–water partition coefficient (Wildman–Crippen LogP) is 3.19. The molecular formula is C17H19NO2. The summed E-state index contributed by atoms with van der Waals surface area (Å²) < 4.78 is 5.34. The number of rotatable bonds is 4. The third kappa shape index (κ3) is 2.73. The number of ether oxygens (including phenoxy) is 1. The first-order chi connectivity index (χ1) is 9.54. The molecule has 20 heavy (non-hydrogen) atoms. The van der Waals surface area contributed by atoms with Gasteiger partial charge in [-0.15, -0.1) is 0 Å². The van der Waals surface area contributed by atoms with Crippen LogP contribution in [0.25, 0.3) is 0 Å². The number of carbonyl (C=O) groups is 1. The molecule has 0 amide bonds. The Morgan fingerprint density at radius 3 is 2.40 bits per heavy atom. The van der Waals surface area contributed by atoms with E-state index in [2.05, 4.69) is 0 Å². The molecule has 0 fully saturated rings. The van der Waals surface area contributed by atoms with E-state index in [-0.39, 0.29) is 5.78 Å². The van der Waals surface area contributed by atoms with Gasteiger partial charge < -0.3 is 10.5 Å². The van der Waals surface area contributed by atoms with Crippen LogP contribution < -0.4 is 10.5 Å². The summed E-state index contributed by atoms with van der Waals surface area (Å²) in [6.45, 7) is 3.88. The number of nitrogens with two attached hydrogens (primary N) is 1. The van der Waals surface area contributed by atoms with Crippen LogP contribution in [0.4, 0.5) is 0 Å². The molecule has 0 saturated heterocycles. The molecule has 0 spiro atoms. The van der Waals surface area contributed by atoms with E-state index in [1.54, 1.807) is 7.11 Å². The van der Waals surface area contributed by atoms with Crippen LogP contribution in [-0.2, 0) is 0 Å². The second-order valence-corrected chi connectivity index (χ2v) is 4.91. The summed E-state index contributed by atoms with van der Waals surface area (Å²) in [6.07, 6.45) is 0. The summed E-state index contributed by atoms with van der Waals surface area (Å²) in [5, 5.41) is 0. The van der Waals surface area contributed by atoms with Crippen LogP contribution in [0.5, 0.6) is 5.75 Å². The Balaban J connectivity index is 2.44. The van der Waals surface area contributed by atoms with Crippen molar-refractivity contribution in [2.24, 2.45) is 5.73 Å². The number of hydrogen-bond donors (Lipinski definition) is 1. The third-order valence-corrected chi connectivity index (χ3v) is 3.35. The summed E-state index contributed by atoms with van der Waals surface area (Å²) in [6, 6.07) is 12.5. The number of methoxy groups -OCH3 is 1. The van der Waals surface area contributed by atoms with Crippen molar-refractivity contribution in [2.45, 2.75) is 19.9 Å². The molecule has 3 nitrogen and oxygen atoms in total. The van der Waals surface area contributed by atoms with Gasteiger partial charge in [0.1, 0.15) is 5.75 Å². The summed E-state index contributed by atoms with van der Waals surface area (Å²) in [5.41, 5.74) is 9.41. The van der Waals surface area contributed by atoms with Crippen LogP contribution in [0, 0.1) is 13.8 Å². The second-order valence-electron chi connectivity index (χ2n) is 4.91. The Labute approximate surface area is 119 Å². The lowest BCUT2D eigenvalue weighted by atomic mass is 9.93. The molecule has 0 saturated carbocycles. The molecule has 0 bridgehead atoms. The van der Waals surface area contributed by atoms with Gasteiger partial charge in [-0.25, -0.2) is 0 Å². The number of carbonyl (C=O) groups excluding carboxylic acids is 1. The molecule has 0 aromatic heterocycles. The zero-order valence-electron chi connectivity index (χ0n) is 12.0. The van der Waals surface area contributed by atoms with Crippen molar-refractivity contribution in [1.82, 2.24) is 0 Å². The van der Waals surface area contributed by atoms with Gasteiger partial charge in [0.25, 0.3) is 0 Å². The molecule has 2 rings (SSSR count). The van der Waals surface area contributed by atoms with Crippen molar-refractivity contribution in [2.75, 3.05) is 7.11 Å². The molecule has 1 atom stereocenters. The van der Waals surface area contributed by atoms with Crippen molar-refractivity contribution in [3.63, 3.8) is 0 Å². The summed E-state index contributed by atoms with van der Waals surface area (Å²) in [5.74, 6) is 0.462. The van der Waals surface area contributed by atoms with E-state index in [1.807, 2.05) is 56.3 Å². The average molecular weight is 269 g/mol. The minimum absolute atomic E-state index is 0.120. The Morgan fingerprint density at radius 1 is 1.15 bits per heavy atom. The Hall–Kier alpha value is -2.13. The maximum absolute atomic E-state index is 12.7. The van der Waals surface area contributed by atoms with Crippen molar-refractivity contribution >= 4 is 5.78 Å². The normalized spacial score (nSPS) is 12.0. The van der Waals surface area contributed by atoms with Crippen LogP contribution in [0.15, 0.2) is 42.5 Å². The topological polar surface area (TPSA) is 52.3 Å². The summed E-state index contributed by atoms with van der Waals surface area (Å²) in [4.78, 5) is 12.7. The first kappa shape index (κ1) is 14.3. The van der Waals surface area contributed by atoms with E-state index in [4.69, 9.17) is 10.5 Å². The van der Waals surface area contributed by atoms with Gasteiger partial charge in [-0.3, -0.25) is 4.79 Å². The molecule has 0 aliphatic heterocycles. The Morgan fingerprint density at radius 2 is 1.80 bits per heavy atom. The molecule has 3 heteroatoms. The number of Topliss-reactive ketones (excluding diaryl/α,β-unsaturated/α-hetero) is 1. The minimum atomic E-state index is -0.675. The van der Waals surface area contributed by atoms with Gasteiger partial charge >= 0.3 is 0 Å². The van der Waals surface area contributed by atoms with E-state index in [9.17, 15) is 4.79 Å². The first-order valence-electron chi connectivity index (χ1n) is 6.54. The maximum Gasteiger partial charge on any atom is 0.188 e. The highest BCUT2D eigenvalue weighted by Gasteiger charge is 2.23. The van der Waals surface area contributed by atoms with E-state index < -0.39 is 6.04 Å². The van der Waals surface area contributed by atoms with Crippen molar-refractivity contribution in [3.05, 3.63) is 64.7 Å². The van der Waals surface area contributed by atoms with Crippen LogP contribution in [0.1, 0.15) is 33.1 Å². The van der Waals surface area contributed by atoms with Gasteiger partial charge in [-0.05, 0) is 36.6 Å². The lowest BCUT2D eigenvalue weighted by Gasteiger charge is -2.16. The second kappa shape index (κ2) is 5.88. The lowest BCUT2D eigenvalue weighted by Crippen LogP contribution is -2.23. The van der Waals surface area contributed by atoms with E-state index in [0.717, 1.165) is 16.7 Å². The van der Waals surface area contributed by atoms with Crippen LogP contribution in [-0.4, -0.2) is 12.9 Å². The Bertz CT molecular complexity index is 620. The van der Waals surface area contributed by atoms with Gasteiger partial charge in [-0.1, -0.05) is 36.4 Å². The van der Waals surface area contributed by atoms with Gasteiger partial charge in [0.15, 0.2) is 5.78 Å². The van der Waals surface area contributed by atoms with Crippen molar-refractivity contribution < 1.29 is 9.53 Å². The largest absolute Gasteiger partial charge is 0.496 e. The monoisotopic (exact) mass is 269 g/mol. The van der Waals surface area contributed by atoms with Gasteiger partial charge in [0.2, 0.25) is 0 Å². The number of hydrogen-bond acceptors (Lipinski definition) is 3. The van der Waals surface area contributed by atoms with Crippen molar-refractivity contribution in [3.8, 4) is 5.75 Å². The number of ketones is 1. The fourth-order valence-corrected chi connectivity index (χ4v) is 2.37. The Kier molecular flexibility index (Phi) is 4.20. The van der Waals surface area contributed by atoms with E-state index in [1.165, 1.54) is 0 Å². The first-order valence-corrected chi connectivity index (χ1v) is 6.54. The van der Waals surface area contributed by atoms with Crippen LogP contribution >= 0.6 is 0 Å². The highest BCUT2D eigenvalue weighted by atomic mass is 16.5. The fraction of sp³-hybridized carbons (Fsp3) is 0.235. The highest BCUT2D eigenvalue weighted by Crippen LogP contribution is 2.28. The quantitative estimate of drug-likeness (QED) is 0.867. The van der Waals surface area contributed by atoms with Crippen LogP contribution in [0.3, 0.4) is 0 Å². The van der Waals surface area contributed by atoms with Crippen LogP contribution in [0.2, 0.25) is 0 Å². The molecule has 0 aliphatic carbocycles. The molecule has 0 radical (unpaired) electrons. The molecule has 0 unspecified atom stereocenters. The predicted molar refractivity (Wildman–Crippen MR) is 80.2 cm³/mol. The molecule has 2 aromatic carbocycles.